The summed E-state index contributed by atoms with van der Waals surface area (Å²) in [7, 11) is -8.02. The van der Waals surface area contributed by atoms with Gasteiger partial charge in [0.1, 0.15) is 0 Å². The van der Waals surface area contributed by atoms with Crippen LogP contribution < -0.4 is 9.44 Å². The van der Waals surface area contributed by atoms with Crippen molar-refractivity contribution in [2.24, 2.45) is 16.7 Å². The summed E-state index contributed by atoms with van der Waals surface area (Å²) in [6, 6.07) is 1.78. The Morgan fingerprint density at radius 1 is 0.971 bits per heavy atom. The van der Waals surface area contributed by atoms with Crippen molar-refractivity contribution in [2.75, 3.05) is 5.75 Å². The van der Waals surface area contributed by atoms with Gasteiger partial charge in [-0.1, -0.05) is 26.7 Å². The second-order valence-corrected chi connectivity index (χ2v) is 14.4. The van der Waals surface area contributed by atoms with Crippen LogP contribution in [0.3, 0.4) is 0 Å². The van der Waals surface area contributed by atoms with E-state index in [1.165, 1.54) is 0 Å². The molecule has 198 valence electrons. The smallest absolute Gasteiger partial charge is 0.392 e. The van der Waals surface area contributed by atoms with Crippen LogP contribution in [-0.2, 0) is 26.2 Å². The molecule has 0 amide bonds. The van der Waals surface area contributed by atoms with E-state index in [1.54, 1.807) is 0 Å². The van der Waals surface area contributed by atoms with Gasteiger partial charge in [-0.25, -0.2) is 26.3 Å². The maximum absolute atomic E-state index is 13.3. The van der Waals surface area contributed by atoms with Gasteiger partial charge in [0.05, 0.1) is 22.3 Å². The van der Waals surface area contributed by atoms with Gasteiger partial charge in [-0.05, 0) is 67.7 Å². The second kappa shape index (κ2) is 8.97. The number of hydrogen-bond acceptors (Lipinski definition) is 5. The standard InChI is InChI=1S/C23H33F3N2O5S2/c1-21(2)16-11-12-22(21,20(29)13-16)14-34(30,31)27-18-5-3-4-6-19(18)28-35(32,33)17-9-7-15(8-10-17)23(24,25)26/h7-10,16,18-20,27-29H,3-6,11-14H2,1-2H3/t16-,18-,19-,20-,22-/m1/s1. The highest BCUT2D eigenvalue weighted by molar-refractivity contribution is 7.89. The average molecular weight is 539 g/mol. The van der Waals surface area contributed by atoms with Gasteiger partial charge in [-0.2, -0.15) is 13.2 Å². The molecule has 0 aromatic heterocycles. The zero-order valence-corrected chi connectivity index (χ0v) is 21.4. The largest absolute Gasteiger partial charge is 0.416 e. The molecule has 0 spiro atoms. The normalized spacial score (nSPS) is 33.2. The van der Waals surface area contributed by atoms with E-state index in [0.717, 1.165) is 18.6 Å². The molecule has 7 nitrogen and oxygen atoms in total. The molecule has 3 fully saturated rings. The fraction of sp³-hybridized carbons (Fsp3) is 0.739. The maximum Gasteiger partial charge on any atom is 0.416 e. The van der Waals surface area contributed by atoms with E-state index >= 15 is 0 Å². The first-order valence-corrected chi connectivity index (χ1v) is 15.1. The highest BCUT2D eigenvalue weighted by Crippen LogP contribution is 2.66. The van der Waals surface area contributed by atoms with E-state index in [9.17, 15) is 35.1 Å². The minimum atomic E-state index is -4.58. The average Bonchev–Trinajstić information content (AvgIpc) is 3.08. The van der Waals surface area contributed by atoms with Crippen molar-refractivity contribution in [3.63, 3.8) is 0 Å². The molecular formula is C23H33F3N2O5S2. The molecule has 0 radical (unpaired) electrons. The molecular weight excluding hydrogens is 505 g/mol. The first kappa shape index (κ1) is 26.8. The maximum atomic E-state index is 13.3. The fourth-order valence-electron chi connectivity index (χ4n) is 6.49. The molecule has 4 rings (SSSR count). The van der Waals surface area contributed by atoms with Crippen molar-refractivity contribution in [1.82, 2.24) is 9.44 Å². The summed E-state index contributed by atoms with van der Waals surface area (Å²) in [6.07, 6.45) is -0.962. The Bertz CT molecular complexity index is 1150. The van der Waals surface area contributed by atoms with Crippen LogP contribution in [0.2, 0.25) is 0 Å². The van der Waals surface area contributed by atoms with Crippen LogP contribution in [0.1, 0.15) is 64.4 Å². The third-order valence-corrected chi connectivity index (χ3v) is 11.8. The Morgan fingerprint density at radius 3 is 2.03 bits per heavy atom. The molecule has 0 saturated heterocycles. The number of benzene rings is 1. The van der Waals surface area contributed by atoms with Gasteiger partial charge in [-0.15, -0.1) is 0 Å². The predicted octanol–water partition coefficient (Wildman–Crippen LogP) is 3.40. The number of aliphatic hydroxyl groups is 1. The van der Waals surface area contributed by atoms with Crippen LogP contribution in [0.4, 0.5) is 13.2 Å². The summed E-state index contributed by atoms with van der Waals surface area (Å²) in [5, 5.41) is 10.7. The second-order valence-electron chi connectivity index (χ2n) is 10.9. The lowest BCUT2D eigenvalue weighted by molar-refractivity contribution is -0.137. The predicted molar refractivity (Wildman–Crippen MR) is 124 cm³/mol. The summed E-state index contributed by atoms with van der Waals surface area (Å²) in [4.78, 5) is -0.315. The van der Waals surface area contributed by atoms with E-state index in [4.69, 9.17) is 0 Å². The topological polar surface area (TPSA) is 113 Å². The van der Waals surface area contributed by atoms with Crippen LogP contribution in [-0.4, -0.2) is 45.9 Å². The van der Waals surface area contributed by atoms with Gasteiger partial charge in [0.25, 0.3) is 0 Å². The van der Waals surface area contributed by atoms with Crippen LogP contribution in [0.15, 0.2) is 29.2 Å². The molecule has 3 aliphatic rings. The quantitative estimate of drug-likeness (QED) is 0.493. The van der Waals surface area contributed by atoms with Crippen LogP contribution in [0.5, 0.6) is 0 Å². The summed E-state index contributed by atoms with van der Waals surface area (Å²) in [5.74, 6) is 0.0465. The number of aliphatic hydroxyl groups excluding tert-OH is 1. The molecule has 3 saturated carbocycles. The van der Waals surface area contributed by atoms with E-state index < -0.39 is 55.4 Å². The molecule has 0 unspecified atom stereocenters. The Morgan fingerprint density at radius 2 is 1.54 bits per heavy atom. The minimum absolute atomic E-state index is 0.223. The van der Waals surface area contributed by atoms with Gasteiger partial charge in [0.15, 0.2) is 0 Å². The van der Waals surface area contributed by atoms with Crippen LogP contribution in [0.25, 0.3) is 0 Å². The van der Waals surface area contributed by atoms with Crippen LogP contribution in [0, 0.1) is 16.7 Å². The number of hydrogen-bond donors (Lipinski definition) is 3. The summed E-state index contributed by atoms with van der Waals surface area (Å²) < 4.78 is 96.0. The monoisotopic (exact) mass is 538 g/mol. The first-order chi connectivity index (χ1) is 16.1. The number of rotatable bonds is 7. The molecule has 12 heteroatoms. The number of nitrogens with one attached hydrogen (secondary N) is 2. The summed E-state index contributed by atoms with van der Waals surface area (Å²) >= 11 is 0. The molecule has 35 heavy (non-hydrogen) atoms. The van der Waals surface area contributed by atoms with Gasteiger partial charge in [0, 0.05) is 17.5 Å². The molecule has 5 atom stereocenters. The van der Waals surface area contributed by atoms with Crippen molar-refractivity contribution >= 4 is 20.0 Å². The third kappa shape index (κ3) is 5.01. The lowest BCUT2D eigenvalue weighted by atomic mass is 9.70. The highest BCUT2D eigenvalue weighted by atomic mass is 32.2. The van der Waals surface area contributed by atoms with Crippen molar-refractivity contribution in [1.29, 1.82) is 0 Å². The van der Waals surface area contributed by atoms with Crippen LogP contribution >= 0.6 is 0 Å². The first-order valence-electron chi connectivity index (χ1n) is 12.0. The van der Waals surface area contributed by atoms with Crippen molar-refractivity contribution in [2.45, 2.75) is 88.1 Å². The van der Waals surface area contributed by atoms with Crippen molar-refractivity contribution in [3.8, 4) is 0 Å². The number of fused-ring (bicyclic) bond motifs is 2. The zero-order chi connectivity index (χ0) is 25.9. The Labute approximate surface area is 205 Å². The van der Waals surface area contributed by atoms with E-state index in [-0.39, 0.29) is 22.0 Å². The molecule has 2 bridgehead atoms. The molecule has 1 aromatic carbocycles. The van der Waals surface area contributed by atoms with E-state index in [1.807, 2.05) is 13.8 Å². The molecule has 1 aromatic rings. The lowest BCUT2D eigenvalue weighted by Crippen LogP contribution is -2.55. The van der Waals surface area contributed by atoms with E-state index in [2.05, 4.69) is 9.44 Å². The highest BCUT2D eigenvalue weighted by Gasteiger charge is 2.65. The lowest BCUT2D eigenvalue weighted by Gasteiger charge is -2.41. The molecule has 3 N–H and O–H groups in total. The Hall–Kier alpha value is -1.21. The SMILES string of the molecule is CC1(C)[C@@H]2CC[C@@]1(CS(=O)(=O)N[C@@H]1CCCC[C@H]1NS(=O)(=O)c1ccc(C(F)(F)F)cc1)[C@H](O)C2. The number of sulfonamides is 2. The van der Waals surface area contributed by atoms with Crippen molar-refractivity contribution in [3.05, 3.63) is 29.8 Å². The third-order valence-electron chi connectivity index (χ3n) is 8.73. The molecule has 0 heterocycles. The molecule has 3 aliphatic carbocycles. The van der Waals surface area contributed by atoms with Gasteiger partial charge in [0.2, 0.25) is 20.0 Å². The zero-order valence-electron chi connectivity index (χ0n) is 19.8. The summed E-state index contributed by atoms with van der Waals surface area (Å²) in [6.45, 7) is 4.02. The van der Waals surface area contributed by atoms with E-state index in [0.29, 0.717) is 50.7 Å². The Balaban J connectivity index is 1.49. The number of halogens is 3. The van der Waals surface area contributed by atoms with Gasteiger partial charge in [-0.3, -0.25) is 0 Å². The summed E-state index contributed by atoms with van der Waals surface area (Å²) in [5.41, 5.74) is -2.02. The molecule has 0 aliphatic heterocycles. The minimum Gasteiger partial charge on any atom is -0.392 e. The number of alkyl halides is 3. The Kier molecular flexibility index (Phi) is 6.88. The van der Waals surface area contributed by atoms with Crippen molar-refractivity contribution < 1.29 is 35.1 Å². The fourth-order valence-corrected chi connectivity index (χ4v) is 10.0. The van der Waals surface area contributed by atoms with Gasteiger partial charge >= 0.3 is 6.18 Å². The van der Waals surface area contributed by atoms with Gasteiger partial charge < -0.3 is 5.11 Å².